The van der Waals surface area contributed by atoms with E-state index in [4.69, 9.17) is 5.73 Å². The summed E-state index contributed by atoms with van der Waals surface area (Å²) in [6.45, 7) is 2.50. The van der Waals surface area contributed by atoms with E-state index in [1.165, 1.54) is 13.2 Å². The molecule has 0 radical (unpaired) electrons. The third kappa shape index (κ3) is 4.51. The molecule has 19 heavy (non-hydrogen) atoms. The summed E-state index contributed by atoms with van der Waals surface area (Å²) in [5.74, 6) is -0.0666. The van der Waals surface area contributed by atoms with Crippen LogP contribution >= 0.6 is 0 Å². The molecule has 0 saturated heterocycles. The lowest BCUT2D eigenvalue weighted by molar-refractivity contribution is 0.0594. The van der Waals surface area contributed by atoms with Gasteiger partial charge < -0.3 is 15.8 Å². The second kappa shape index (κ2) is 7.08. The molecule has 0 aliphatic rings. The normalized spacial score (nSPS) is 13.6. The average molecular weight is 285 g/mol. The molecule has 0 bridgehead atoms. The van der Waals surface area contributed by atoms with Crippen molar-refractivity contribution in [3.8, 4) is 0 Å². The molecule has 1 aromatic rings. The molecular formula is C12H19N3O3S. The van der Waals surface area contributed by atoms with Gasteiger partial charge in [0.1, 0.15) is 5.82 Å². The fraction of sp³-hybridized carbons (Fsp3) is 0.500. The third-order valence-electron chi connectivity index (χ3n) is 2.73. The van der Waals surface area contributed by atoms with E-state index in [2.05, 4.69) is 15.0 Å². The highest BCUT2D eigenvalue weighted by Crippen LogP contribution is 2.16. The molecule has 0 aliphatic carbocycles. The van der Waals surface area contributed by atoms with Crippen LogP contribution in [-0.2, 0) is 15.5 Å². The number of aromatic nitrogens is 1. The minimum absolute atomic E-state index is 0.0949. The molecule has 1 heterocycles. The number of anilines is 2. The summed E-state index contributed by atoms with van der Waals surface area (Å²) in [5.41, 5.74) is 6.43. The van der Waals surface area contributed by atoms with Crippen molar-refractivity contribution in [1.29, 1.82) is 0 Å². The maximum atomic E-state index is 11.4. The number of nitrogens with zero attached hydrogens (tertiary/aromatic N) is 1. The smallest absolute Gasteiger partial charge is 0.356 e. The predicted molar refractivity (Wildman–Crippen MR) is 76.6 cm³/mol. The highest BCUT2D eigenvalue weighted by atomic mass is 32.2. The monoisotopic (exact) mass is 285 g/mol. The first-order valence-corrected chi connectivity index (χ1v) is 7.48. The van der Waals surface area contributed by atoms with Gasteiger partial charge in [-0.05, 0) is 18.6 Å². The SMILES string of the molecule is COC(=O)c1ccc(N)c(NCCC(C)S(C)=O)n1. The Morgan fingerprint density at radius 1 is 1.58 bits per heavy atom. The fourth-order valence-electron chi connectivity index (χ4n) is 1.39. The number of nitrogen functional groups attached to an aromatic ring is 1. The minimum atomic E-state index is -0.852. The van der Waals surface area contributed by atoms with Crippen molar-refractivity contribution in [1.82, 2.24) is 4.98 Å². The van der Waals surface area contributed by atoms with Crippen LogP contribution in [0.3, 0.4) is 0 Å². The zero-order valence-electron chi connectivity index (χ0n) is 11.3. The van der Waals surface area contributed by atoms with Gasteiger partial charge in [0, 0.05) is 28.9 Å². The number of pyridine rings is 1. The van der Waals surface area contributed by atoms with Crippen LogP contribution in [0.5, 0.6) is 0 Å². The van der Waals surface area contributed by atoms with Crippen LogP contribution in [0.4, 0.5) is 11.5 Å². The zero-order chi connectivity index (χ0) is 14.4. The number of esters is 1. The number of carbonyl (C=O) groups excluding carboxylic acids is 1. The Bertz CT molecular complexity index is 479. The highest BCUT2D eigenvalue weighted by molar-refractivity contribution is 7.84. The van der Waals surface area contributed by atoms with Gasteiger partial charge in [-0.2, -0.15) is 0 Å². The first-order valence-electron chi connectivity index (χ1n) is 5.86. The Morgan fingerprint density at radius 3 is 2.84 bits per heavy atom. The average Bonchev–Trinajstić information content (AvgIpc) is 2.39. The van der Waals surface area contributed by atoms with E-state index in [-0.39, 0.29) is 10.9 Å². The Balaban J connectivity index is 2.67. The van der Waals surface area contributed by atoms with Crippen molar-refractivity contribution < 1.29 is 13.7 Å². The van der Waals surface area contributed by atoms with E-state index in [0.29, 0.717) is 18.1 Å². The molecule has 0 amide bonds. The van der Waals surface area contributed by atoms with Crippen LogP contribution in [0.15, 0.2) is 12.1 Å². The topological polar surface area (TPSA) is 94.3 Å². The molecule has 106 valence electrons. The number of hydrogen-bond acceptors (Lipinski definition) is 6. The first-order chi connectivity index (χ1) is 8.95. The van der Waals surface area contributed by atoms with Crippen LogP contribution in [-0.4, -0.2) is 40.3 Å². The van der Waals surface area contributed by atoms with Crippen molar-refractivity contribution in [2.75, 3.05) is 31.0 Å². The van der Waals surface area contributed by atoms with Crippen molar-refractivity contribution in [2.45, 2.75) is 18.6 Å². The molecule has 6 nitrogen and oxygen atoms in total. The van der Waals surface area contributed by atoms with Crippen LogP contribution in [0.1, 0.15) is 23.8 Å². The van der Waals surface area contributed by atoms with Gasteiger partial charge in [0.05, 0.1) is 12.8 Å². The highest BCUT2D eigenvalue weighted by Gasteiger charge is 2.11. The standard InChI is InChI=1S/C12H19N3O3S/c1-8(19(3)17)6-7-14-11-9(13)4-5-10(15-11)12(16)18-2/h4-5,8H,6-7,13H2,1-3H3,(H,14,15). The number of nitrogens with two attached hydrogens (primary N) is 1. The lowest BCUT2D eigenvalue weighted by Gasteiger charge is -2.11. The Kier molecular flexibility index (Phi) is 5.75. The van der Waals surface area contributed by atoms with Gasteiger partial charge in [0.25, 0.3) is 0 Å². The van der Waals surface area contributed by atoms with Gasteiger partial charge in [-0.3, -0.25) is 4.21 Å². The van der Waals surface area contributed by atoms with Crippen LogP contribution in [0, 0.1) is 0 Å². The molecule has 0 fully saturated rings. The largest absolute Gasteiger partial charge is 0.464 e. The predicted octanol–water partition coefficient (Wildman–Crippen LogP) is 1.02. The molecule has 0 saturated carbocycles. The Hall–Kier alpha value is -1.63. The fourth-order valence-corrected chi connectivity index (χ4v) is 1.84. The van der Waals surface area contributed by atoms with Crippen molar-refractivity contribution in [3.05, 3.63) is 17.8 Å². The van der Waals surface area contributed by atoms with Gasteiger partial charge in [-0.1, -0.05) is 6.92 Å². The lowest BCUT2D eigenvalue weighted by Crippen LogP contribution is -2.16. The van der Waals surface area contributed by atoms with Gasteiger partial charge in [0.2, 0.25) is 0 Å². The minimum Gasteiger partial charge on any atom is -0.464 e. The van der Waals surface area contributed by atoms with Gasteiger partial charge in [0.15, 0.2) is 5.69 Å². The summed E-state index contributed by atoms with van der Waals surface area (Å²) in [7, 11) is 0.445. The van der Waals surface area contributed by atoms with Gasteiger partial charge >= 0.3 is 5.97 Å². The summed E-state index contributed by atoms with van der Waals surface area (Å²) < 4.78 is 15.8. The maximum Gasteiger partial charge on any atom is 0.356 e. The quantitative estimate of drug-likeness (QED) is 0.758. The summed E-state index contributed by atoms with van der Waals surface area (Å²) in [6, 6.07) is 3.11. The summed E-state index contributed by atoms with van der Waals surface area (Å²) in [4.78, 5) is 15.5. The van der Waals surface area contributed by atoms with E-state index < -0.39 is 16.8 Å². The number of hydrogen-bond donors (Lipinski definition) is 2. The second-order valence-corrected chi connectivity index (χ2v) is 5.95. The van der Waals surface area contributed by atoms with Crippen molar-refractivity contribution in [2.24, 2.45) is 0 Å². The molecule has 1 aromatic heterocycles. The van der Waals surface area contributed by atoms with Crippen molar-refractivity contribution in [3.63, 3.8) is 0 Å². The van der Waals surface area contributed by atoms with E-state index in [0.717, 1.165) is 6.42 Å². The Labute approximate surface area is 115 Å². The molecule has 3 N–H and O–H groups in total. The molecular weight excluding hydrogens is 266 g/mol. The summed E-state index contributed by atoms with van der Waals surface area (Å²) >= 11 is 0. The van der Waals surface area contributed by atoms with Gasteiger partial charge in [-0.15, -0.1) is 0 Å². The van der Waals surface area contributed by atoms with E-state index in [1.807, 2.05) is 6.92 Å². The van der Waals surface area contributed by atoms with E-state index >= 15 is 0 Å². The maximum absolute atomic E-state index is 11.4. The van der Waals surface area contributed by atoms with Crippen LogP contribution < -0.4 is 11.1 Å². The molecule has 1 rings (SSSR count). The number of nitrogens with one attached hydrogen (secondary N) is 1. The zero-order valence-corrected chi connectivity index (χ0v) is 12.1. The van der Waals surface area contributed by atoms with Gasteiger partial charge in [-0.25, -0.2) is 9.78 Å². The number of rotatable bonds is 6. The van der Waals surface area contributed by atoms with Crippen molar-refractivity contribution >= 4 is 28.3 Å². The molecule has 0 aromatic carbocycles. The Morgan fingerprint density at radius 2 is 2.26 bits per heavy atom. The summed E-state index contributed by atoms with van der Waals surface area (Å²) in [6.07, 6.45) is 2.40. The summed E-state index contributed by atoms with van der Waals surface area (Å²) in [5, 5.41) is 3.13. The molecule has 2 atom stereocenters. The molecule has 2 unspecified atom stereocenters. The number of methoxy groups -OCH3 is 1. The molecule has 7 heteroatoms. The third-order valence-corrected chi connectivity index (χ3v) is 4.10. The van der Waals surface area contributed by atoms with Crippen LogP contribution in [0.25, 0.3) is 0 Å². The van der Waals surface area contributed by atoms with Crippen LogP contribution in [0.2, 0.25) is 0 Å². The second-order valence-electron chi connectivity index (χ2n) is 4.15. The molecule has 0 aliphatic heterocycles. The first kappa shape index (κ1) is 15.4. The molecule has 0 spiro atoms. The van der Waals surface area contributed by atoms with E-state index in [9.17, 15) is 9.00 Å². The number of carbonyl (C=O) groups is 1. The van der Waals surface area contributed by atoms with E-state index in [1.54, 1.807) is 12.3 Å². The number of ether oxygens (including phenoxy) is 1. The lowest BCUT2D eigenvalue weighted by atomic mass is 10.3.